The van der Waals surface area contributed by atoms with Crippen molar-refractivity contribution in [2.24, 2.45) is 5.41 Å². The minimum absolute atomic E-state index is 0. The first kappa shape index (κ1) is 16.5. The number of unbranched alkanes of at least 4 members (excludes halogenated alkanes) is 2. The molecule has 0 spiro atoms. The van der Waals surface area contributed by atoms with Crippen molar-refractivity contribution in [3.05, 3.63) is 0 Å². The molecule has 0 bridgehead atoms. The SMILES string of the molecule is CC(C)(C)CCCCCC(=O)O.[BaH2]. The second-order valence-electron chi connectivity index (χ2n) is 4.52. The molecule has 0 aromatic rings. The third-order valence-corrected chi connectivity index (χ3v) is 1.82. The third-order valence-electron chi connectivity index (χ3n) is 1.82. The van der Waals surface area contributed by atoms with Crippen molar-refractivity contribution in [3.63, 3.8) is 0 Å². The van der Waals surface area contributed by atoms with Crippen molar-refractivity contribution in [1.82, 2.24) is 0 Å². The summed E-state index contributed by atoms with van der Waals surface area (Å²) in [5, 5.41) is 8.37. The van der Waals surface area contributed by atoms with Gasteiger partial charge in [0.05, 0.1) is 0 Å². The molecule has 0 atom stereocenters. The molecule has 0 aliphatic heterocycles. The number of hydrogen-bond acceptors (Lipinski definition) is 1. The van der Waals surface area contributed by atoms with Gasteiger partial charge in [0, 0.05) is 6.42 Å². The Morgan fingerprint density at radius 3 is 2.08 bits per heavy atom. The summed E-state index contributed by atoms with van der Waals surface area (Å²) in [4.78, 5) is 10.2. The van der Waals surface area contributed by atoms with Gasteiger partial charge in [0.15, 0.2) is 0 Å². The monoisotopic (exact) mass is 312 g/mol. The molecule has 0 aromatic heterocycles. The van der Waals surface area contributed by atoms with Gasteiger partial charge in [0.1, 0.15) is 0 Å². The number of carboxylic acids is 1. The van der Waals surface area contributed by atoms with E-state index in [1.165, 1.54) is 6.42 Å². The van der Waals surface area contributed by atoms with Gasteiger partial charge in [-0.25, -0.2) is 0 Å². The summed E-state index contributed by atoms with van der Waals surface area (Å²) in [6, 6.07) is 0. The average Bonchev–Trinajstić information content (AvgIpc) is 1.83. The van der Waals surface area contributed by atoms with Crippen molar-refractivity contribution < 1.29 is 9.90 Å². The summed E-state index contributed by atoms with van der Waals surface area (Å²) in [6.07, 6.45) is 4.53. The van der Waals surface area contributed by atoms with Gasteiger partial charge in [-0.15, -0.1) is 0 Å². The quantitative estimate of drug-likeness (QED) is 0.624. The average molecular weight is 312 g/mol. The van der Waals surface area contributed by atoms with E-state index in [2.05, 4.69) is 20.8 Å². The first-order valence-electron chi connectivity index (χ1n) is 4.63. The second-order valence-corrected chi connectivity index (χ2v) is 4.52. The Labute approximate surface area is 122 Å². The van der Waals surface area contributed by atoms with E-state index in [0.29, 0.717) is 11.8 Å². The standard InChI is InChI=1S/C10H20O2.Ba.2H/c1-10(2,3)8-6-4-5-7-9(11)12;;;/h4-8H2,1-3H3,(H,11,12);;;. The Morgan fingerprint density at radius 1 is 1.15 bits per heavy atom. The number of carbonyl (C=O) groups is 1. The zero-order valence-corrected chi connectivity index (χ0v) is 8.39. The van der Waals surface area contributed by atoms with Crippen LogP contribution in [0.15, 0.2) is 0 Å². The van der Waals surface area contributed by atoms with Crippen LogP contribution < -0.4 is 0 Å². The second kappa shape index (κ2) is 8.36. The fourth-order valence-corrected chi connectivity index (χ4v) is 1.11. The van der Waals surface area contributed by atoms with Gasteiger partial charge < -0.3 is 5.11 Å². The zero-order valence-electron chi connectivity index (χ0n) is 8.39. The van der Waals surface area contributed by atoms with E-state index in [-0.39, 0.29) is 48.9 Å². The van der Waals surface area contributed by atoms with Crippen LogP contribution in [0.3, 0.4) is 0 Å². The van der Waals surface area contributed by atoms with Crippen molar-refractivity contribution in [1.29, 1.82) is 0 Å². The molecule has 0 rings (SSSR count). The van der Waals surface area contributed by atoms with Gasteiger partial charge >= 0.3 is 54.9 Å². The summed E-state index contributed by atoms with van der Waals surface area (Å²) in [7, 11) is 0. The van der Waals surface area contributed by atoms with Crippen LogP contribution in [-0.4, -0.2) is 60.0 Å². The van der Waals surface area contributed by atoms with E-state index in [4.69, 9.17) is 5.11 Å². The minimum atomic E-state index is -0.675. The van der Waals surface area contributed by atoms with Crippen molar-refractivity contribution in [3.8, 4) is 0 Å². The summed E-state index contributed by atoms with van der Waals surface area (Å²) >= 11 is 0. The van der Waals surface area contributed by atoms with Gasteiger partial charge in [0.2, 0.25) is 0 Å². The van der Waals surface area contributed by atoms with E-state index in [1.807, 2.05) is 0 Å². The summed E-state index contributed by atoms with van der Waals surface area (Å²) in [5.41, 5.74) is 0.392. The topological polar surface area (TPSA) is 37.3 Å². The molecular weight excluding hydrogens is 289 g/mol. The van der Waals surface area contributed by atoms with E-state index in [9.17, 15) is 4.79 Å². The molecule has 0 unspecified atom stereocenters. The van der Waals surface area contributed by atoms with Crippen LogP contribution in [0.25, 0.3) is 0 Å². The first-order valence-corrected chi connectivity index (χ1v) is 4.63. The molecule has 0 fully saturated rings. The van der Waals surface area contributed by atoms with Gasteiger partial charge in [0.25, 0.3) is 0 Å². The van der Waals surface area contributed by atoms with Crippen LogP contribution in [0.1, 0.15) is 52.9 Å². The number of rotatable bonds is 5. The van der Waals surface area contributed by atoms with Crippen LogP contribution in [-0.2, 0) is 4.79 Å². The molecule has 0 radical (unpaired) electrons. The summed E-state index contributed by atoms with van der Waals surface area (Å²) < 4.78 is 0. The van der Waals surface area contributed by atoms with E-state index >= 15 is 0 Å². The van der Waals surface area contributed by atoms with Crippen molar-refractivity contribution in [2.45, 2.75) is 52.9 Å². The number of carboxylic acid groups (broad SMARTS) is 1. The molecular formula is C10H22BaO2. The predicted octanol–water partition coefficient (Wildman–Crippen LogP) is 2.15. The fraction of sp³-hybridized carbons (Fsp3) is 0.900. The molecule has 0 saturated carbocycles. The molecule has 3 heteroatoms. The van der Waals surface area contributed by atoms with Crippen molar-refractivity contribution >= 4 is 54.9 Å². The maximum absolute atomic E-state index is 10.2. The van der Waals surface area contributed by atoms with Crippen LogP contribution in [0.4, 0.5) is 0 Å². The predicted molar refractivity (Wildman–Crippen MR) is 58.7 cm³/mol. The Bertz CT molecular complexity index is 138. The molecule has 0 saturated heterocycles. The summed E-state index contributed by atoms with van der Waals surface area (Å²) in [6.45, 7) is 6.64. The van der Waals surface area contributed by atoms with Crippen molar-refractivity contribution in [2.75, 3.05) is 0 Å². The number of aliphatic carboxylic acids is 1. The fourth-order valence-electron chi connectivity index (χ4n) is 1.11. The van der Waals surface area contributed by atoms with Gasteiger partial charge in [-0.3, -0.25) is 4.79 Å². The zero-order chi connectivity index (χ0) is 9.61. The molecule has 13 heavy (non-hydrogen) atoms. The van der Waals surface area contributed by atoms with Gasteiger partial charge in [-0.05, 0) is 18.3 Å². The molecule has 1 N–H and O–H groups in total. The third kappa shape index (κ3) is 15.8. The molecule has 0 aliphatic carbocycles. The van der Waals surface area contributed by atoms with Crippen LogP contribution in [0.5, 0.6) is 0 Å². The van der Waals surface area contributed by atoms with Gasteiger partial charge in [-0.2, -0.15) is 0 Å². The molecule has 2 nitrogen and oxygen atoms in total. The van der Waals surface area contributed by atoms with E-state index < -0.39 is 5.97 Å². The van der Waals surface area contributed by atoms with Crippen LogP contribution in [0, 0.1) is 5.41 Å². The molecule has 76 valence electrons. The Kier molecular flexibility index (Phi) is 10.6. The van der Waals surface area contributed by atoms with Crippen LogP contribution in [0.2, 0.25) is 0 Å². The summed E-state index contributed by atoms with van der Waals surface area (Å²) in [5.74, 6) is -0.675. The number of hydrogen-bond donors (Lipinski definition) is 1. The normalized spacial score (nSPS) is 10.7. The molecule has 0 heterocycles. The Hall–Kier alpha value is 1.04. The van der Waals surface area contributed by atoms with E-state index in [1.54, 1.807) is 0 Å². The van der Waals surface area contributed by atoms with Gasteiger partial charge in [-0.1, -0.05) is 33.6 Å². The maximum atomic E-state index is 10.2. The molecule has 0 aromatic carbocycles. The molecule has 0 aliphatic rings. The molecule has 0 amide bonds. The Morgan fingerprint density at radius 2 is 1.69 bits per heavy atom. The Balaban J connectivity index is 0. The van der Waals surface area contributed by atoms with E-state index in [0.717, 1.165) is 19.3 Å². The first-order chi connectivity index (χ1) is 5.42. The van der Waals surface area contributed by atoms with Crippen LogP contribution >= 0.6 is 0 Å².